The molecule has 2 aromatic heterocycles. The summed E-state index contributed by atoms with van der Waals surface area (Å²) in [5, 5.41) is 30.1. The standard InChI is InChI=1S/C22H24N6O2/c29-20-7-13(14-11-23-24-12-14)1-4-18(20)19-10-21-22(27-26-19)28(5-6-30-21)17-8-15-2-3-16(9-17)25-15/h1,4,7,10-12,15-17,25,29H,2-3,5-6,8-9H2,(H,23,24). The molecule has 3 aliphatic heterocycles. The highest BCUT2D eigenvalue weighted by Crippen LogP contribution is 2.39. The summed E-state index contributed by atoms with van der Waals surface area (Å²) < 4.78 is 5.94. The molecular formula is C22H24N6O2. The van der Waals surface area contributed by atoms with Crippen molar-refractivity contribution >= 4 is 5.82 Å². The van der Waals surface area contributed by atoms with Crippen LogP contribution in [0.4, 0.5) is 5.82 Å². The van der Waals surface area contributed by atoms with E-state index in [1.807, 2.05) is 18.2 Å². The average molecular weight is 404 g/mol. The number of hydrogen-bond donors (Lipinski definition) is 3. The third-order valence-corrected chi connectivity index (χ3v) is 6.60. The van der Waals surface area contributed by atoms with Gasteiger partial charge >= 0.3 is 0 Å². The summed E-state index contributed by atoms with van der Waals surface area (Å²) in [5.41, 5.74) is 3.05. The summed E-state index contributed by atoms with van der Waals surface area (Å²) in [5.74, 6) is 1.73. The number of hydrogen-bond acceptors (Lipinski definition) is 7. The Morgan fingerprint density at radius 3 is 2.70 bits per heavy atom. The summed E-state index contributed by atoms with van der Waals surface area (Å²) >= 11 is 0. The zero-order valence-corrected chi connectivity index (χ0v) is 16.6. The number of ether oxygens (including phenoxy) is 1. The highest BCUT2D eigenvalue weighted by Gasteiger charge is 2.38. The van der Waals surface area contributed by atoms with Crippen LogP contribution in [0.2, 0.25) is 0 Å². The molecule has 3 N–H and O–H groups in total. The van der Waals surface area contributed by atoms with Gasteiger partial charge in [0.1, 0.15) is 18.1 Å². The molecule has 30 heavy (non-hydrogen) atoms. The van der Waals surface area contributed by atoms with E-state index in [2.05, 4.69) is 30.6 Å². The molecule has 0 saturated carbocycles. The molecule has 6 rings (SSSR count). The van der Waals surface area contributed by atoms with Crippen LogP contribution in [-0.4, -0.2) is 56.8 Å². The maximum Gasteiger partial charge on any atom is 0.194 e. The summed E-state index contributed by atoms with van der Waals surface area (Å²) in [6, 6.07) is 9.15. The van der Waals surface area contributed by atoms with Gasteiger partial charge in [0.2, 0.25) is 0 Å². The monoisotopic (exact) mass is 404 g/mol. The number of rotatable bonds is 3. The minimum Gasteiger partial charge on any atom is -0.507 e. The van der Waals surface area contributed by atoms with E-state index >= 15 is 0 Å². The average Bonchev–Trinajstić information content (AvgIpc) is 3.42. The maximum absolute atomic E-state index is 10.6. The van der Waals surface area contributed by atoms with Gasteiger partial charge in [0.05, 0.1) is 12.7 Å². The molecule has 3 aliphatic rings. The van der Waals surface area contributed by atoms with Gasteiger partial charge in [0.25, 0.3) is 0 Å². The van der Waals surface area contributed by atoms with Crippen LogP contribution >= 0.6 is 0 Å². The smallest absolute Gasteiger partial charge is 0.194 e. The van der Waals surface area contributed by atoms with Gasteiger partial charge in [-0.3, -0.25) is 5.10 Å². The molecule has 2 fully saturated rings. The van der Waals surface area contributed by atoms with Gasteiger partial charge in [-0.2, -0.15) is 5.10 Å². The zero-order chi connectivity index (χ0) is 20.1. The number of phenols is 1. The van der Waals surface area contributed by atoms with Crippen LogP contribution in [0.1, 0.15) is 25.7 Å². The molecule has 2 atom stereocenters. The fourth-order valence-corrected chi connectivity index (χ4v) is 5.14. The molecule has 0 radical (unpaired) electrons. The number of nitrogens with zero attached hydrogens (tertiary/aromatic N) is 4. The first-order valence-electron chi connectivity index (χ1n) is 10.6. The lowest BCUT2D eigenvalue weighted by molar-refractivity contribution is 0.274. The van der Waals surface area contributed by atoms with Crippen molar-refractivity contribution < 1.29 is 9.84 Å². The van der Waals surface area contributed by atoms with Crippen LogP contribution < -0.4 is 15.0 Å². The minimum atomic E-state index is 0.158. The van der Waals surface area contributed by atoms with Crippen molar-refractivity contribution in [3.8, 4) is 33.9 Å². The van der Waals surface area contributed by atoms with E-state index in [0.717, 1.165) is 42.1 Å². The van der Waals surface area contributed by atoms with Gasteiger partial charge in [0.15, 0.2) is 11.6 Å². The van der Waals surface area contributed by atoms with Crippen LogP contribution in [0.15, 0.2) is 36.7 Å². The van der Waals surface area contributed by atoms with Crippen LogP contribution in [0, 0.1) is 0 Å². The molecule has 1 aromatic carbocycles. The van der Waals surface area contributed by atoms with Crippen LogP contribution in [0.25, 0.3) is 22.4 Å². The predicted molar refractivity (Wildman–Crippen MR) is 113 cm³/mol. The van der Waals surface area contributed by atoms with E-state index in [4.69, 9.17) is 4.74 Å². The number of piperidine rings is 1. The fraction of sp³-hybridized carbons (Fsp3) is 0.409. The highest BCUT2D eigenvalue weighted by molar-refractivity contribution is 5.75. The molecule has 2 unspecified atom stereocenters. The van der Waals surface area contributed by atoms with Crippen LogP contribution in [0.5, 0.6) is 11.5 Å². The second-order valence-corrected chi connectivity index (χ2v) is 8.44. The Labute approximate surface area is 174 Å². The molecule has 0 spiro atoms. The Bertz CT molecular complexity index is 1060. The Balaban J connectivity index is 1.30. The second-order valence-electron chi connectivity index (χ2n) is 8.44. The first kappa shape index (κ1) is 17.7. The number of aromatic hydroxyl groups is 1. The molecule has 0 amide bonds. The lowest BCUT2D eigenvalue weighted by Crippen LogP contribution is -2.50. The first-order chi connectivity index (χ1) is 14.7. The van der Waals surface area contributed by atoms with Gasteiger partial charge in [-0.15, -0.1) is 10.2 Å². The first-order valence-corrected chi connectivity index (χ1v) is 10.6. The Morgan fingerprint density at radius 1 is 1.07 bits per heavy atom. The maximum atomic E-state index is 10.6. The number of benzene rings is 1. The van der Waals surface area contributed by atoms with E-state index in [0.29, 0.717) is 36.0 Å². The quantitative estimate of drug-likeness (QED) is 0.617. The number of fused-ring (bicyclic) bond motifs is 3. The third kappa shape index (κ3) is 2.99. The summed E-state index contributed by atoms with van der Waals surface area (Å²) in [6.07, 6.45) is 8.37. The molecule has 2 bridgehead atoms. The highest BCUT2D eigenvalue weighted by atomic mass is 16.5. The molecule has 8 nitrogen and oxygen atoms in total. The van der Waals surface area contributed by atoms with Gasteiger partial charge in [-0.05, 0) is 43.4 Å². The Morgan fingerprint density at radius 2 is 1.93 bits per heavy atom. The van der Waals surface area contributed by atoms with Crippen molar-refractivity contribution in [2.45, 2.75) is 43.8 Å². The Hall–Kier alpha value is -3.13. The SMILES string of the molecule is Oc1cc(-c2cn[nH]c2)ccc1-c1cc2c(nn1)N(C1CC3CCC(C1)N3)CCO2. The number of H-pyrrole nitrogens is 1. The van der Waals surface area contributed by atoms with Crippen LogP contribution in [0.3, 0.4) is 0 Å². The number of anilines is 1. The minimum absolute atomic E-state index is 0.158. The van der Waals surface area contributed by atoms with Gasteiger partial charge < -0.3 is 20.1 Å². The number of aromatic amines is 1. The summed E-state index contributed by atoms with van der Waals surface area (Å²) in [7, 11) is 0. The molecule has 2 saturated heterocycles. The zero-order valence-electron chi connectivity index (χ0n) is 16.6. The largest absolute Gasteiger partial charge is 0.507 e. The van der Waals surface area contributed by atoms with E-state index < -0.39 is 0 Å². The van der Waals surface area contributed by atoms with Crippen molar-refractivity contribution in [3.05, 3.63) is 36.7 Å². The lowest BCUT2D eigenvalue weighted by Gasteiger charge is -2.40. The normalized spacial score (nSPS) is 25.1. The number of aromatic nitrogens is 4. The summed E-state index contributed by atoms with van der Waals surface area (Å²) in [6.45, 7) is 1.48. The van der Waals surface area contributed by atoms with Crippen molar-refractivity contribution in [1.82, 2.24) is 25.7 Å². The molecule has 154 valence electrons. The van der Waals surface area contributed by atoms with Gasteiger partial charge in [-0.25, -0.2) is 0 Å². The van der Waals surface area contributed by atoms with Gasteiger partial charge in [0, 0.05) is 41.5 Å². The van der Waals surface area contributed by atoms with Crippen molar-refractivity contribution in [1.29, 1.82) is 0 Å². The van der Waals surface area contributed by atoms with E-state index in [1.54, 1.807) is 18.5 Å². The molecule has 0 aliphatic carbocycles. The number of nitrogens with one attached hydrogen (secondary N) is 2. The van der Waals surface area contributed by atoms with Crippen molar-refractivity contribution in [2.75, 3.05) is 18.1 Å². The van der Waals surface area contributed by atoms with E-state index in [1.165, 1.54) is 12.8 Å². The topological polar surface area (TPSA) is 99.2 Å². The fourth-order valence-electron chi connectivity index (χ4n) is 5.14. The van der Waals surface area contributed by atoms with E-state index in [9.17, 15) is 5.11 Å². The summed E-state index contributed by atoms with van der Waals surface area (Å²) in [4.78, 5) is 2.38. The van der Waals surface area contributed by atoms with Crippen LogP contribution in [-0.2, 0) is 0 Å². The molecule has 5 heterocycles. The predicted octanol–water partition coefficient (Wildman–Crippen LogP) is 2.72. The lowest BCUT2D eigenvalue weighted by atomic mass is 9.97. The Kier molecular flexibility index (Phi) is 4.12. The molecule has 3 aromatic rings. The van der Waals surface area contributed by atoms with Gasteiger partial charge in [-0.1, -0.05) is 6.07 Å². The third-order valence-electron chi connectivity index (χ3n) is 6.60. The van der Waals surface area contributed by atoms with E-state index in [-0.39, 0.29) is 5.75 Å². The molecular weight excluding hydrogens is 380 g/mol. The molecule has 8 heteroatoms. The second kappa shape index (κ2) is 6.98. The number of phenolic OH excluding ortho intramolecular Hbond substituents is 1. The van der Waals surface area contributed by atoms with Crippen molar-refractivity contribution in [3.63, 3.8) is 0 Å². The van der Waals surface area contributed by atoms with Crippen molar-refractivity contribution in [2.24, 2.45) is 0 Å².